The quantitative estimate of drug-likeness (QED) is 0.401. The molecule has 1 heterocycles. The van der Waals surface area contributed by atoms with Gasteiger partial charge in [0.25, 0.3) is 5.91 Å². The van der Waals surface area contributed by atoms with E-state index in [2.05, 4.69) is 4.98 Å². The Kier molecular flexibility index (Phi) is 1.98. The number of benzene rings is 1. The van der Waals surface area contributed by atoms with Gasteiger partial charge in [0.15, 0.2) is 0 Å². The Morgan fingerprint density at radius 3 is 2.86 bits per heavy atom. The summed E-state index contributed by atoms with van der Waals surface area (Å²) in [6.45, 7) is 0. The van der Waals surface area contributed by atoms with Crippen LogP contribution in [-0.4, -0.2) is 22.9 Å². The third kappa shape index (κ3) is 1.25. The molecule has 0 atom stereocenters. The van der Waals surface area contributed by atoms with Crippen molar-refractivity contribution in [2.24, 2.45) is 5.84 Å². The smallest absolute Gasteiger partial charge is 0.269 e. The maximum absolute atomic E-state index is 11.6. The molecule has 0 aliphatic rings. The lowest BCUT2D eigenvalue weighted by Gasteiger charge is -2.08. The van der Waals surface area contributed by atoms with E-state index < -0.39 is 0 Å². The van der Waals surface area contributed by atoms with Crippen molar-refractivity contribution in [2.45, 2.75) is 0 Å². The highest BCUT2D eigenvalue weighted by molar-refractivity contribution is 6.06. The zero-order chi connectivity index (χ0) is 10.1. The normalized spacial score (nSPS) is 10.4. The molecule has 0 aliphatic heterocycles. The molecule has 4 heteroatoms. The van der Waals surface area contributed by atoms with Gasteiger partial charge in [-0.05, 0) is 6.07 Å². The van der Waals surface area contributed by atoms with Gasteiger partial charge >= 0.3 is 0 Å². The van der Waals surface area contributed by atoms with E-state index >= 15 is 0 Å². The molecule has 3 N–H and O–H groups in total. The molecule has 1 aromatic heterocycles. The summed E-state index contributed by atoms with van der Waals surface area (Å²) >= 11 is 0. The van der Waals surface area contributed by atoms with E-state index in [0.717, 1.165) is 15.9 Å². The fourth-order valence-corrected chi connectivity index (χ4v) is 1.44. The topological polar surface area (TPSA) is 62.1 Å². The van der Waals surface area contributed by atoms with Gasteiger partial charge in [-0.3, -0.25) is 9.80 Å². The number of rotatable bonds is 1. The minimum absolute atomic E-state index is 0.192. The molecule has 0 spiro atoms. The number of aromatic amines is 1. The molecule has 1 aromatic carbocycles. The van der Waals surface area contributed by atoms with E-state index in [1.165, 1.54) is 7.05 Å². The molecule has 0 fully saturated rings. The molecule has 14 heavy (non-hydrogen) atoms. The van der Waals surface area contributed by atoms with Crippen LogP contribution in [0.25, 0.3) is 10.9 Å². The average Bonchev–Trinajstić information content (AvgIpc) is 2.60. The first kappa shape index (κ1) is 8.77. The molecule has 2 rings (SSSR count). The summed E-state index contributed by atoms with van der Waals surface area (Å²) in [5, 5.41) is 1.98. The van der Waals surface area contributed by atoms with Crippen molar-refractivity contribution in [1.82, 2.24) is 9.99 Å². The highest BCUT2D eigenvalue weighted by Gasteiger charge is 2.12. The number of aromatic nitrogens is 1. The number of hydrazine groups is 1. The van der Waals surface area contributed by atoms with Crippen LogP contribution in [0.15, 0.2) is 30.5 Å². The maximum atomic E-state index is 11.6. The number of amides is 1. The molecule has 72 valence electrons. The van der Waals surface area contributed by atoms with Crippen molar-refractivity contribution < 1.29 is 4.79 Å². The third-order valence-corrected chi connectivity index (χ3v) is 2.14. The van der Waals surface area contributed by atoms with Gasteiger partial charge in [0, 0.05) is 24.1 Å². The molecule has 4 nitrogen and oxygen atoms in total. The molecule has 0 aliphatic carbocycles. The van der Waals surface area contributed by atoms with Crippen molar-refractivity contribution in [3.8, 4) is 0 Å². The van der Waals surface area contributed by atoms with Gasteiger partial charge in [0.05, 0.1) is 5.56 Å². The largest absolute Gasteiger partial charge is 0.360 e. The Hall–Kier alpha value is -1.81. The second kappa shape index (κ2) is 3.16. The Morgan fingerprint density at radius 1 is 1.43 bits per heavy atom. The van der Waals surface area contributed by atoms with Crippen molar-refractivity contribution in [1.29, 1.82) is 0 Å². The van der Waals surface area contributed by atoms with Crippen LogP contribution in [0.4, 0.5) is 0 Å². The molecule has 0 radical (unpaired) electrons. The van der Waals surface area contributed by atoms with Crippen molar-refractivity contribution in [2.75, 3.05) is 7.05 Å². The summed E-state index contributed by atoms with van der Waals surface area (Å²) in [6.07, 6.45) is 1.68. The van der Waals surface area contributed by atoms with E-state index in [9.17, 15) is 4.79 Å². The number of carbonyl (C=O) groups is 1. The van der Waals surface area contributed by atoms with Crippen molar-refractivity contribution in [3.05, 3.63) is 36.0 Å². The molecule has 1 amide bonds. The number of para-hydroxylation sites is 1. The lowest BCUT2D eigenvalue weighted by molar-refractivity contribution is 0.0797. The van der Waals surface area contributed by atoms with Gasteiger partial charge in [-0.15, -0.1) is 0 Å². The first-order chi connectivity index (χ1) is 6.70. The monoisotopic (exact) mass is 189 g/mol. The Labute approximate surface area is 81.3 Å². The molecule has 2 aromatic rings. The molecule has 0 saturated carbocycles. The number of carbonyl (C=O) groups excluding carboxylic acids is 1. The second-order valence-corrected chi connectivity index (χ2v) is 3.16. The second-order valence-electron chi connectivity index (χ2n) is 3.16. The first-order valence-electron chi connectivity index (χ1n) is 4.29. The zero-order valence-electron chi connectivity index (χ0n) is 7.82. The Morgan fingerprint density at radius 2 is 2.14 bits per heavy atom. The summed E-state index contributed by atoms with van der Waals surface area (Å²) in [5.41, 5.74) is 1.54. The van der Waals surface area contributed by atoms with E-state index in [-0.39, 0.29) is 5.91 Å². The molecular weight excluding hydrogens is 178 g/mol. The van der Waals surface area contributed by atoms with E-state index in [1.54, 1.807) is 6.20 Å². The Bertz CT molecular complexity index is 473. The fraction of sp³-hybridized carbons (Fsp3) is 0.100. The van der Waals surface area contributed by atoms with Crippen LogP contribution in [0.5, 0.6) is 0 Å². The number of H-pyrrole nitrogens is 1. The van der Waals surface area contributed by atoms with Crippen LogP contribution >= 0.6 is 0 Å². The zero-order valence-corrected chi connectivity index (χ0v) is 7.82. The number of nitrogens with two attached hydrogens (primary N) is 1. The molecule has 0 saturated heterocycles. The minimum Gasteiger partial charge on any atom is -0.360 e. The van der Waals surface area contributed by atoms with Crippen LogP contribution in [0.2, 0.25) is 0 Å². The van der Waals surface area contributed by atoms with Gasteiger partial charge in [-0.2, -0.15) is 0 Å². The molecular formula is C10H11N3O. The minimum atomic E-state index is -0.192. The molecule has 0 unspecified atom stereocenters. The number of hydrogen-bond donors (Lipinski definition) is 2. The lowest BCUT2D eigenvalue weighted by atomic mass is 10.1. The van der Waals surface area contributed by atoms with Crippen LogP contribution < -0.4 is 5.84 Å². The summed E-state index contributed by atoms with van der Waals surface area (Å²) in [4.78, 5) is 14.6. The lowest BCUT2D eigenvalue weighted by Crippen LogP contribution is -2.32. The summed E-state index contributed by atoms with van der Waals surface area (Å²) in [7, 11) is 1.53. The number of nitrogens with zero attached hydrogens (tertiary/aromatic N) is 1. The van der Waals surface area contributed by atoms with E-state index in [1.807, 2.05) is 24.3 Å². The number of fused-ring (bicyclic) bond motifs is 1. The van der Waals surface area contributed by atoms with Crippen molar-refractivity contribution in [3.63, 3.8) is 0 Å². The predicted octanol–water partition coefficient (Wildman–Crippen LogP) is 1.11. The van der Waals surface area contributed by atoms with Gasteiger partial charge < -0.3 is 4.98 Å². The average molecular weight is 189 g/mol. The van der Waals surface area contributed by atoms with Crippen LogP contribution in [0, 0.1) is 0 Å². The van der Waals surface area contributed by atoms with Gasteiger partial charge in [-0.1, -0.05) is 18.2 Å². The van der Waals surface area contributed by atoms with Crippen LogP contribution in [0.3, 0.4) is 0 Å². The fourth-order valence-electron chi connectivity index (χ4n) is 1.44. The van der Waals surface area contributed by atoms with Gasteiger partial charge in [-0.25, -0.2) is 5.84 Å². The molecule has 0 bridgehead atoms. The van der Waals surface area contributed by atoms with Crippen LogP contribution in [-0.2, 0) is 0 Å². The summed E-state index contributed by atoms with van der Waals surface area (Å²) < 4.78 is 0. The number of nitrogens with one attached hydrogen (secondary N) is 1. The van der Waals surface area contributed by atoms with Gasteiger partial charge in [0.1, 0.15) is 0 Å². The maximum Gasteiger partial charge on any atom is 0.269 e. The van der Waals surface area contributed by atoms with Gasteiger partial charge in [0.2, 0.25) is 0 Å². The number of hydrogen-bond acceptors (Lipinski definition) is 2. The van der Waals surface area contributed by atoms with Crippen LogP contribution in [0.1, 0.15) is 10.4 Å². The van der Waals surface area contributed by atoms with E-state index in [0.29, 0.717) is 5.56 Å². The standard InChI is InChI=1S/C10H11N3O/c1-13(11)10(14)8-6-12-9-5-3-2-4-7(8)9/h2-6,12H,11H2,1H3. The first-order valence-corrected chi connectivity index (χ1v) is 4.29. The SMILES string of the molecule is CN(N)C(=O)c1c[nH]c2ccccc12. The highest BCUT2D eigenvalue weighted by atomic mass is 16.2. The summed E-state index contributed by atoms with van der Waals surface area (Å²) in [5.74, 6) is 5.20. The highest BCUT2D eigenvalue weighted by Crippen LogP contribution is 2.17. The third-order valence-electron chi connectivity index (χ3n) is 2.14. The predicted molar refractivity (Wildman–Crippen MR) is 54.6 cm³/mol. The summed E-state index contributed by atoms with van der Waals surface area (Å²) in [6, 6.07) is 7.62. The van der Waals surface area contributed by atoms with E-state index in [4.69, 9.17) is 5.84 Å². The van der Waals surface area contributed by atoms with Crippen molar-refractivity contribution >= 4 is 16.8 Å². The Balaban J connectivity index is 2.58.